The van der Waals surface area contributed by atoms with Gasteiger partial charge in [0.1, 0.15) is 11.1 Å². The Morgan fingerprint density at radius 3 is 2.41 bits per heavy atom. The molecule has 2 heterocycles. The summed E-state index contributed by atoms with van der Waals surface area (Å²) in [6, 6.07) is 23.0. The Morgan fingerprint density at radius 1 is 0.976 bits per heavy atom. The number of thioether (sulfide) groups is 1. The molecule has 3 aromatic carbocycles. The van der Waals surface area contributed by atoms with Crippen molar-refractivity contribution in [1.29, 1.82) is 5.26 Å². The zero-order valence-corrected chi connectivity index (χ0v) is 23.1. The molecule has 8 nitrogen and oxygen atoms in total. The second kappa shape index (κ2) is 10.7. The van der Waals surface area contributed by atoms with Crippen LogP contribution in [0.15, 0.2) is 77.7 Å². The van der Waals surface area contributed by atoms with E-state index in [0.29, 0.717) is 22.7 Å². The summed E-state index contributed by atoms with van der Waals surface area (Å²) in [6.45, 7) is 0. The average Bonchev–Trinajstić information content (AvgIpc) is 3.49. The van der Waals surface area contributed by atoms with Crippen LogP contribution in [0.25, 0.3) is 10.4 Å². The predicted octanol–water partition coefficient (Wildman–Crippen LogP) is 5.76. The van der Waals surface area contributed by atoms with E-state index in [4.69, 9.17) is 0 Å². The number of carboxylic acids is 1. The first-order valence-electron chi connectivity index (χ1n) is 12.8. The summed E-state index contributed by atoms with van der Waals surface area (Å²) in [5.74, 6) is -2.44. The van der Waals surface area contributed by atoms with Crippen molar-refractivity contribution in [3.05, 3.63) is 101 Å². The van der Waals surface area contributed by atoms with Gasteiger partial charge in [-0.05, 0) is 65.9 Å². The number of carbonyl (C=O) groups is 4. The monoisotopic (exact) mass is 579 g/mol. The molecule has 10 heteroatoms. The topological polar surface area (TPSA) is 128 Å². The second-order valence-corrected chi connectivity index (χ2v) is 11.8. The largest absolute Gasteiger partial charge is 0.478 e. The lowest BCUT2D eigenvalue weighted by atomic mass is 9.89. The minimum Gasteiger partial charge on any atom is -0.478 e. The lowest BCUT2D eigenvalue weighted by Gasteiger charge is -2.15. The van der Waals surface area contributed by atoms with Crippen molar-refractivity contribution in [3.8, 4) is 16.5 Å². The van der Waals surface area contributed by atoms with Gasteiger partial charge in [0.25, 0.3) is 5.91 Å². The smallest absolute Gasteiger partial charge is 0.336 e. The maximum Gasteiger partial charge on any atom is 0.336 e. The summed E-state index contributed by atoms with van der Waals surface area (Å²) >= 11 is 2.57. The standard InChI is InChI=1S/C31H21N3O5S2/c32-16-24-21-14-9-17-5-1-2-6-20(17)27(21)41-30(24)34-26(35)15-25(29(34)37)40-19-12-10-18(11-13-19)33-28(36)22-7-3-4-8-23(22)31(38)39/h1-8,10-13,25H,9,14-15H2,(H,33,36)(H,38,39)/t25-/m0/s1. The quantitative estimate of drug-likeness (QED) is 0.278. The molecule has 1 aromatic heterocycles. The van der Waals surface area contributed by atoms with E-state index in [1.54, 1.807) is 36.4 Å². The molecule has 0 unspecified atom stereocenters. The highest BCUT2D eigenvalue weighted by atomic mass is 32.2. The SMILES string of the molecule is N#Cc1c(N2C(=O)C[C@H](Sc3ccc(NC(=O)c4ccccc4C(=O)O)cc3)C2=O)sc2c1CCc1ccccc1-2. The minimum atomic E-state index is -1.19. The van der Waals surface area contributed by atoms with E-state index in [9.17, 15) is 29.5 Å². The van der Waals surface area contributed by atoms with Crippen LogP contribution in [-0.4, -0.2) is 34.0 Å². The number of nitrogens with zero attached hydrogens (tertiary/aromatic N) is 2. The molecule has 202 valence electrons. The van der Waals surface area contributed by atoms with Crippen molar-refractivity contribution in [1.82, 2.24) is 0 Å². The molecular formula is C31H21N3O5S2. The van der Waals surface area contributed by atoms with Crippen LogP contribution in [0.3, 0.4) is 0 Å². The predicted molar refractivity (Wildman–Crippen MR) is 156 cm³/mol. The van der Waals surface area contributed by atoms with Gasteiger partial charge in [-0.3, -0.25) is 14.4 Å². The molecule has 2 aliphatic rings. The molecule has 6 rings (SSSR count). The third-order valence-corrected chi connectivity index (χ3v) is 9.56. The van der Waals surface area contributed by atoms with E-state index in [-0.39, 0.29) is 29.4 Å². The van der Waals surface area contributed by atoms with Gasteiger partial charge in [0.05, 0.1) is 21.9 Å². The number of hydrogen-bond acceptors (Lipinski definition) is 7. The van der Waals surface area contributed by atoms with E-state index in [1.807, 2.05) is 18.2 Å². The molecule has 0 radical (unpaired) electrons. The lowest BCUT2D eigenvalue weighted by molar-refractivity contribution is -0.121. The molecule has 1 aliphatic heterocycles. The molecule has 1 atom stereocenters. The van der Waals surface area contributed by atoms with Crippen LogP contribution in [0.2, 0.25) is 0 Å². The van der Waals surface area contributed by atoms with E-state index >= 15 is 0 Å². The fourth-order valence-corrected chi connectivity index (χ4v) is 7.59. The summed E-state index contributed by atoms with van der Waals surface area (Å²) < 4.78 is 0. The first kappa shape index (κ1) is 26.5. The van der Waals surface area contributed by atoms with Crippen LogP contribution < -0.4 is 10.2 Å². The highest BCUT2D eigenvalue weighted by molar-refractivity contribution is 8.00. The number of rotatable bonds is 6. The van der Waals surface area contributed by atoms with E-state index in [2.05, 4.69) is 17.5 Å². The summed E-state index contributed by atoms with van der Waals surface area (Å²) in [6.07, 6.45) is 1.50. The number of nitriles is 1. The van der Waals surface area contributed by atoms with Crippen molar-refractivity contribution in [2.75, 3.05) is 10.2 Å². The lowest BCUT2D eigenvalue weighted by Crippen LogP contribution is -2.31. The molecule has 1 aliphatic carbocycles. The molecule has 1 fully saturated rings. The van der Waals surface area contributed by atoms with Crippen LogP contribution >= 0.6 is 23.1 Å². The fraction of sp³-hybridized carbons (Fsp3) is 0.129. The van der Waals surface area contributed by atoms with Gasteiger partial charge in [-0.1, -0.05) is 36.4 Å². The molecule has 2 N–H and O–H groups in total. The molecule has 41 heavy (non-hydrogen) atoms. The molecule has 4 aromatic rings. The summed E-state index contributed by atoms with van der Waals surface area (Å²) in [7, 11) is 0. The zero-order chi connectivity index (χ0) is 28.7. The summed E-state index contributed by atoms with van der Waals surface area (Å²) in [4.78, 5) is 53.5. The second-order valence-electron chi connectivity index (χ2n) is 9.57. The number of anilines is 2. The van der Waals surface area contributed by atoms with Gasteiger partial charge in [0.15, 0.2) is 0 Å². The Bertz CT molecular complexity index is 1790. The van der Waals surface area contributed by atoms with Gasteiger partial charge in [-0.25, -0.2) is 9.69 Å². The van der Waals surface area contributed by atoms with E-state index in [0.717, 1.165) is 27.3 Å². The number of carbonyl (C=O) groups excluding carboxylic acids is 3. The summed E-state index contributed by atoms with van der Waals surface area (Å²) in [5, 5.41) is 21.8. The van der Waals surface area contributed by atoms with Crippen molar-refractivity contribution in [2.24, 2.45) is 0 Å². The number of benzene rings is 3. The number of hydrogen-bond donors (Lipinski definition) is 2. The number of carboxylic acid groups (broad SMARTS) is 1. The maximum atomic E-state index is 13.5. The maximum absolute atomic E-state index is 13.5. The van der Waals surface area contributed by atoms with Gasteiger partial charge in [0.2, 0.25) is 11.8 Å². The zero-order valence-electron chi connectivity index (χ0n) is 21.4. The van der Waals surface area contributed by atoms with Crippen LogP contribution in [0.5, 0.6) is 0 Å². The van der Waals surface area contributed by atoms with E-state index < -0.39 is 17.1 Å². The highest BCUT2D eigenvalue weighted by Crippen LogP contribution is 2.48. The van der Waals surface area contributed by atoms with Gasteiger partial charge in [-0.15, -0.1) is 23.1 Å². The minimum absolute atomic E-state index is 0.0119. The van der Waals surface area contributed by atoms with Gasteiger partial charge < -0.3 is 10.4 Å². The first-order chi connectivity index (χ1) is 19.9. The molecule has 0 bridgehead atoms. The van der Waals surface area contributed by atoms with Crippen molar-refractivity contribution < 1.29 is 24.3 Å². The molecule has 1 saturated heterocycles. The Hall–Kier alpha value is -4.72. The Labute approximate surface area is 243 Å². The summed E-state index contributed by atoms with van der Waals surface area (Å²) in [5.41, 5.74) is 3.94. The number of thiophene rings is 1. The molecule has 0 spiro atoms. The number of nitrogens with one attached hydrogen (secondary N) is 1. The highest BCUT2D eigenvalue weighted by Gasteiger charge is 2.43. The third kappa shape index (κ3) is 4.79. The van der Waals surface area contributed by atoms with Crippen LogP contribution in [0.4, 0.5) is 10.7 Å². The van der Waals surface area contributed by atoms with E-state index in [1.165, 1.54) is 45.7 Å². The molecular weight excluding hydrogens is 558 g/mol. The number of imide groups is 1. The third-order valence-electron chi connectivity index (χ3n) is 7.11. The fourth-order valence-electron chi connectivity index (χ4n) is 5.16. The first-order valence-corrected chi connectivity index (χ1v) is 14.5. The molecule has 0 saturated carbocycles. The van der Waals surface area contributed by atoms with Crippen molar-refractivity contribution in [2.45, 2.75) is 29.4 Å². The normalized spacial score (nSPS) is 15.7. The van der Waals surface area contributed by atoms with Crippen LogP contribution in [-0.2, 0) is 22.4 Å². The van der Waals surface area contributed by atoms with Gasteiger partial charge >= 0.3 is 5.97 Å². The van der Waals surface area contributed by atoms with Gasteiger partial charge in [0, 0.05) is 21.9 Å². The average molecular weight is 580 g/mol. The van der Waals surface area contributed by atoms with Gasteiger partial charge in [-0.2, -0.15) is 5.26 Å². The van der Waals surface area contributed by atoms with Crippen molar-refractivity contribution in [3.63, 3.8) is 0 Å². The van der Waals surface area contributed by atoms with Crippen LogP contribution in [0.1, 0.15) is 43.8 Å². The number of fused-ring (bicyclic) bond motifs is 3. The van der Waals surface area contributed by atoms with Crippen molar-refractivity contribution >= 4 is 57.5 Å². The number of aromatic carboxylic acids is 1. The Balaban J connectivity index is 1.19. The van der Waals surface area contributed by atoms with Crippen LogP contribution in [0, 0.1) is 11.3 Å². The number of amides is 3. The Morgan fingerprint density at radius 2 is 1.68 bits per heavy atom. The Kier molecular flexibility index (Phi) is 6.91. The number of aryl methyl sites for hydroxylation is 1. The molecule has 3 amide bonds.